The van der Waals surface area contributed by atoms with Crippen LogP contribution in [0.15, 0.2) is 24.5 Å². The number of anilines is 1. The first kappa shape index (κ1) is 16.1. The number of pyridine rings is 1. The van der Waals surface area contributed by atoms with Crippen LogP contribution in [0.3, 0.4) is 0 Å². The van der Waals surface area contributed by atoms with E-state index in [1.807, 2.05) is 37.9 Å². The number of hydrogen-bond acceptors (Lipinski definition) is 4. The minimum Gasteiger partial charge on any atom is -0.444 e. The Hall–Kier alpha value is -1.78. The number of carbonyl (C=O) groups is 1. The highest BCUT2D eigenvalue weighted by atomic mass is 16.6. The van der Waals surface area contributed by atoms with E-state index in [-0.39, 0.29) is 6.09 Å². The van der Waals surface area contributed by atoms with Gasteiger partial charge in [0, 0.05) is 31.5 Å². The fourth-order valence-electron chi connectivity index (χ4n) is 3.67. The standard InChI is InChI=1S/C18H27N3O2/c1-17(2,3)23-16(22)21-9-6-18(7-10-21)11-15(12-18)20-14-5-4-8-19-13-14/h4-5,8,13,15,20H,6-7,9-12H2,1-3H3. The summed E-state index contributed by atoms with van der Waals surface area (Å²) in [5, 5.41) is 3.55. The Balaban J connectivity index is 1.44. The maximum Gasteiger partial charge on any atom is 0.410 e. The molecule has 3 rings (SSSR count). The first-order valence-corrected chi connectivity index (χ1v) is 8.50. The summed E-state index contributed by atoms with van der Waals surface area (Å²) < 4.78 is 5.46. The summed E-state index contributed by atoms with van der Waals surface area (Å²) in [6.07, 6.45) is 8.02. The Morgan fingerprint density at radius 2 is 2.04 bits per heavy atom. The summed E-state index contributed by atoms with van der Waals surface area (Å²) in [6, 6.07) is 4.55. The van der Waals surface area contributed by atoms with Crippen molar-refractivity contribution in [3.05, 3.63) is 24.5 Å². The lowest BCUT2D eigenvalue weighted by atomic mass is 9.60. The van der Waals surface area contributed by atoms with Crippen molar-refractivity contribution in [2.45, 2.75) is 58.1 Å². The summed E-state index contributed by atoms with van der Waals surface area (Å²) >= 11 is 0. The van der Waals surface area contributed by atoms with Gasteiger partial charge in [0.25, 0.3) is 0 Å². The Morgan fingerprint density at radius 1 is 1.35 bits per heavy atom. The van der Waals surface area contributed by atoms with Crippen molar-refractivity contribution in [3.8, 4) is 0 Å². The third-order valence-electron chi connectivity index (χ3n) is 4.87. The molecular weight excluding hydrogens is 290 g/mol. The molecule has 1 saturated carbocycles. The number of carbonyl (C=O) groups excluding carboxylic acids is 1. The zero-order valence-corrected chi connectivity index (χ0v) is 14.3. The molecule has 1 aromatic heterocycles. The van der Waals surface area contributed by atoms with E-state index in [1.165, 1.54) is 12.8 Å². The summed E-state index contributed by atoms with van der Waals surface area (Å²) in [4.78, 5) is 18.1. The minimum atomic E-state index is -0.415. The van der Waals surface area contributed by atoms with E-state index >= 15 is 0 Å². The third-order valence-corrected chi connectivity index (χ3v) is 4.87. The van der Waals surface area contributed by atoms with Crippen LogP contribution in [-0.2, 0) is 4.74 Å². The molecule has 5 nitrogen and oxygen atoms in total. The van der Waals surface area contributed by atoms with Crippen molar-refractivity contribution in [1.29, 1.82) is 0 Å². The predicted molar refractivity (Wildman–Crippen MR) is 90.4 cm³/mol. The van der Waals surface area contributed by atoms with E-state index in [9.17, 15) is 4.79 Å². The number of amides is 1. The maximum atomic E-state index is 12.1. The topological polar surface area (TPSA) is 54.5 Å². The smallest absolute Gasteiger partial charge is 0.410 e. The normalized spacial score (nSPS) is 20.9. The Morgan fingerprint density at radius 3 is 2.61 bits per heavy atom. The molecule has 0 bridgehead atoms. The van der Waals surface area contributed by atoms with Crippen molar-refractivity contribution < 1.29 is 9.53 Å². The molecule has 0 radical (unpaired) electrons. The number of nitrogens with zero attached hydrogens (tertiary/aromatic N) is 2. The van der Waals surface area contributed by atoms with Gasteiger partial charge < -0.3 is 15.0 Å². The molecule has 1 aromatic rings. The molecule has 1 N–H and O–H groups in total. The summed E-state index contributed by atoms with van der Waals surface area (Å²) in [6.45, 7) is 7.37. The minimum absolute atomic E-state index is 0.170. The van der Waals surface area contributed by atoms with Crippen molar-refractivity contribution in [3.63, 3.8) is 0 Å². The summed E-state index contributed by atoms with van der Waals surface area (Å²) in [7, 11) is 0. The third kappa shape index (κ3) is 3.95. The van der Waals surface area contributed by atoms with Gasteiger partial charge in [0.05, 0.1) is 5.69 Å². The lowest BCUT2D eigenvalue weighted by Gasteiger charge is -2.52. The number of aromatic nitrogens is 1. The molecule has 1 saturated heterocycles. The van der Waals surface area contributed by atoms with Gasteiger partial charge in [-0.05, 0) is 64.0 Å². The molecular formula is C18H27N3O2. The van der Waals surface area contributed by atoms with E-state index < -0.39 is 5.60 Å². The molecule has 1 amide bonds. The van der Waals surface area contributed by atoms with E-state index in [0.29, 0.717) is 11.5 Å². The van der Waals surface area contributed by atoms with E-state index in [0.717, 1.165) is 31.6 Å². The van der Waals surface area contributed by atoms with Crippen molar-refractivity contribution >= 4 is 11.8 Å². The molecule has 23 heavy (non-hydrogen) atoms. The van der Waals surface area contributed by atoms with Gasteiger partial charge in [-0.25, -0.2) is 4.79 Å². The van der Waals surface area contributed by atoms with Crippen LogP contribution in [0.1, 0.15) is 46.5 Å². The molecule has 2 aliphatic rings. The number of rotatable bonds is 2. The van der Waals surface area contributed by atoms with E-state index in [2.05, 4.69) is 16.4 Å². The second-order valence-electron chi connectivity index (χ2n) is 7.96. The lowest BCUT2D eigenvalue weighted by Crippen LogP contribution is -2.53. The SMILES string of the molecule is CC(C)(C)OC(=O)N1CCC2(CC1)CC(Nc1cccnc1)C2. The molecule has 0 atom stereocenters. The molecule has 0 unspecified atom stereocenters. The summed E-state index contributed by atoms with van der Waals surface area (Å²) in [5.74, 6) is 0. The van der Waals surface area contributed by atoms with Crippen LogP contribution < -0.4 is 5.32 Å². The van der Waals surface area contributed by atoms with Crippen LogP contribution in [0, 0.1) is 5.41 Å². The fraction of sp³-hybridized carbons (Fsp3) is 0.667. The Kier molecular flexibility index (Phi) is 4.21. The highest BCUT2D eigenvalue weighted by Gasteiger charge is 2.46. The van der Waals surface area contributed by atoms with Crippen LogP contribution in [0.2, 0.25) is 0 Å². The zero-order chi connectivity index (χ0) is 16.5. The average Bonchev–Trinajstić information content (AvgIpc) is 2.45. The molecule has 126 valence electrons. The molecule has 2 fully saturated rings. The van der Waals surface area contributed by atoms with Gasteiger partial charge in [0.2, 0.25) is 0 Å². The highest BCUT2D eigenvalue weighted by molar-refractivity contribution is 5.68. The first-order chi connectivity index (χ1) is 10.9. The Labute approximate surface area is 138 Å². The van der Waals surface area contributed by atoms with Gasteiger partial charge in [0.15, 0.2) is 0 Å². The van der Waals surface area contributed by atoms with Crippen LogP contribution in [0.4, 0.5) is 10.5 Å². The van der Waals surface area contributed by atoms with Crippen molar-refractivity contribution in [2.24, 2.45) is 5.41 Å². The molecule has 5 heteroatoms. The number of nitrogens with one attached hydrogen (secondary N) is 1. The number of ether oxygens (including phenoxy) is 1. The monoisotopic (exact) mass is 317 g/mol. The zero-order valence-electron chi connectivity index (χ0n) is 14.3. The van der Waals surface area contributed by atoms with Gasteiger partial charge >= 0.3 is 6.09 Å². The van der Waals surface area contributed by atoms with E-state index in [4.69, 9.17) is 4.74 Å². The Bertz CT molecular complexity index is 537. The van der Waals surface area contributed by atoms with Crippen molar-refractivity contribution in [1.82, 2.24) is 9.88 Å². The highest BCUT2D eigenvalue weighted by Crippen LogP contribution is 2.50. The van der Waals surface area contributed by atoms with Gasteiger partial charge in [-0.15, -0.1) is 0 Å². The molecule has 0 aromatic carbocycles. The van der Waals surface area contributed by atoms with E-state index in [1.54, 1.807) is 6.20 Å². The van der Waals surface area contributed by atoms with Crippen LogP contribution in [0.25, 0.3) is 0 Å². The average molecular weight is 317 g/mol. The lowest BCUT2D eigenvalue weighted by molar-refractivity contribution is -0.00859. The first-order valence-electron chi connectivity index (χ1n) is 8.50. The number of hydrogen-bond donors (Lipinski definition) is 1. The van der Waals surface area contributed by atoms with Crippen LogP contribution in [-0.4, -0.2) is 40.7 Å². The van der Waals surface area contributed by atoms with Gasteiger partial charge in [-0.1, -0.05) is 0 Å². The fourth-order valence-corrected chi connectivity index (χ4v) is 3.67. The van der Waals surface area contributed by atoms with Crippen LogP contribution >= 0.6 is 0 Å². The quantitative estimate of drug-likeness (QED) is 0.904. The van der Waals surface area contributed by atoms with Gasteiger partial charge in [-0.3, -0.25) is 4.98 Å². The van der Waals surface area contributed by atoms with Crippen LogP contribution in [0.5, 0.6) is 0 Å². The van der Waals surface area contributed by atoms with Gasteiger partial charge in [-0.2, -0.15) is 0 Å². The second-order valence-corrected chi connectivity index (χ2v) is 7.96. The molecule has 1 aliphatic carbocycles. The molecule has 2 heterocycles. The van der Waals surface area contributed by atoms with Crippen molar-refractivity contribution in [2.75, 3.05) is 18.4 Å². The largest absolute Gasteiger partial charge is 0.444 e. The maximum absolute atomic E-state index is 12.1. The predicted octanol–water partition coefficient (Wildman–Crippen LogP) is 3.67. The second kappa shape index (κ2) is 6.02. The number of likely N-dealkylation sites (tertiary alicyclic amines) is 1. The summed E-state index contributed by atoms with van der Waals surface area (Å²) in [5.41, 5.74) is 1.10. The molecule has 1 spiro atoms. The van der Waals surface area contributed by atoms with Gasteiger partial charge in [0.1, 0.15) is 5.60 Å². The number of piperidine rings is 1. The molecule has 1 aliphatic heterocycles.